The van der Waals surface area contributed by atoms with Gasteiger partial charge in [0.15, 0.2) is 11.5 Å². The Balaban J connectivity index is 2.23. The standard InChI is InChI=1S/C12H16O4S/c13-9(7-17)12(14)8-2-3-10-11(6-8)16-5-1-4-15-10/h2-3,6,9,12-14,17H,1,4-5,7H2. The molecule has 0 aliphatic carbocycles. The first-order valence-electron chi connectivity index (χ1n) is 5.59. The molecule has 4 nitrogen and oxygen atoms in total. The maximum atomic E-state index is 9.87. The second kappa shape index (κ2) is 5.62. The van der Waals surface area contributed by atoms with Crippen molar-refractivity contribution in [3.05, 3.63) is 23.8 Å². The second-order valence-electron chi connectivity index (χ2n) is 3.95. The molecule has 94 valence electrons. The van der Waals surface area contributed by atoms with E-state index >= 15 is 0 Å². The predicted molar refractivity (Wildman–Crippen MR) is 66.9 cm³/mol. The normalized spacial score (nSPS) is 18.3. The number of ether oxygens (including phenoxy) is 2. The smallest absolute Gasteiger partial charge is 0.161 e. The van der Waals surface area contributed by atoms with Gasteiger partial charge in [-0.25, -0.2) is 0 Å². The van der Waals surface area contributed by atoms with Crippen LogP contribution in [0.5, 0.6) is 11.5 Å². The summed E-state index contributed by atoms with van der Waals surface area (Å²) in [5.74, 6) is 1.50. The van der Waals surface area contributed by atoms with Crippen LogP contribution in [-0.2, 0) is 0 Å². The van der Waals surface area contributed by atoms with Crippen molar-refractivity contribution < 1.29 is 19.7 Å². The van der Waals surface area contributed by atoms with E-state index in [0.29, 0.717) is 30.3 Å². The van der Waals surface area contributed by atoms with E-state index in [9.17, 15) is 10.2 Å². The van der Waals surface area contributed by atoms with Crippen LogP contribution in [-0.4, -0.2) is 35.3 Å². The molecule has 17 heavy (non-hydrogen) atoms. The minimum Gasteiger partial charge on any atom is -0.490 e. The van der Waals surface area contributed by atoms with Crippen LogP contribution in [0.25, 0.3) is 0 Å². The summed E-state index contributed by atoms with van der Waals surface area (Å²) in [5, 5.41) is 19.4. The van der Waals surface area contributed by atoms with E-state index in [2.05, 4.69) is 12.6 Å². The molecule has 2 unspecified atom stereocenters. The van der Waals surface area contributed by atoms with E-state index in [0.717, 1.165) is 6.42 Å². The van der Waals surface area contributed by atoms with Crippen molar-refractivity contribution in [2.45, 2.75) is 18.6 Å². The van der Waals surface area contributed by atoms with E-state index in [4.69, 9.17) is 9.47 Å². The topological polar surface area (TPSA) is 58.9 Å². The summed E-state index contributed by atoms with van der Waals surface area (Å²) in [7, 11) is 0. The van der Waals surface area contributed by atoms with Gasteiger partial charge in [-0.1, -0.05) is 6.07 Å². The van der Waals surface area contributed by atoms with Crippen molar-refractivity contribution in [2.24, 2.45) is 0 Å². The molecule has 0 bridgehead atoms. The molecule has 0 aromatic heterocycles. The molecule has 5 heteroatoms. The minimum atomic E-state index is -0.954. The summed E-state index contributed by atoms with van der Waals surface area (Å²) < 4.78 is 11.0. The second-order valence-corrected chi connectivity index (χ2v) is 4.32. The molecule has 2 atom stereocenters. The highest BCUT2D eigenvalue weighted by Crippen LogP contribution is 2.33. The number of rotatable bonds is 3. The number of benzene rings is 1. The number of fused-ring (bicyclic) bond motifs is 1. The summed E-state index contributed by atoms with van der Waals surface area (Å²) in [5.41, 5.74) is 0.607. The molecule has 0 fully saturated rings. The molecule has 0 amide bonds. The molecule has 1 aliphatic heterocycles. The van der Waals surface area contributed by atoms with Crippen LogP contribution in [0.1, 0.15) is 18.1 Å². The van der Waals surface area contributed by atoms with Gasteiger partial charge in [0, 0.05) is 12.2 Å². The van der Waals surface area contributed by atoms with Gasteiger partial charge in [0.25, 0.3) is 0 Å². The third-order valence-electron chi connectivity index (χ3n) is 2.66. The number of aliphatic hydroxyl groups excluding tert-OH is 2. The first-order chi connectivity index (χ1) is 8.22. The summed E-state index contributed by atoms with van der Waals surface area (Å²) in [6.45, 7) is 1.23. The lowest BCUT2D eigenvalue weighted by molar-refractivity contribution is 0.0336. The molecule has 1 aromatic carbocycles. The highest BCUT2D eigenvalue weighted by molar-refractivity contribution is 7.80. The van der Waals surface area contributed by atoms with Crippen LogP contribution < -0.4 is 9.47 Å². The lowest BCUT2D eigenvalue weighted by Crippen LogP contribution is -2.19. The van der Waals surface area contributed by atoms with Crippen molar-refractivity contribution in [3.8, 4) is 11.5 Å². The highest BCUT2D eigenvalue weighted by atomic mass is 32.1. The van der Waals surface area contributed by atoms with Crippen LogP contribution >= 0.6 is 12.6 Å². The predicted octanol–water partition coefficient (Wildman–Crippen LogP) is 1.17. The maximum absolute atomic E-state index is 9.87. The van der Waals surface area contributed by atoms with Gasteiger partial charge < -0.3 is 19.7 Å². The van der Waals surface area contributed by atoms with Gasteiger partial charge in [0.05, 0.1) is 19.3 Å². The Morgan fingerprint density at radius 2 is 1.88 bits per heavy atom. The molecule has 2 rings (SSSR count). The number of aliphatic hydroxyl groups is 2. The molecule has 0 spiro atoms. The fourth-order valence-corrected chi connectivity index (χ4v) is 1.89. The Labute approximate surface area is 106 Å². The van der Waals surface area contributed by atoms with E-state index in [1.807, 2.05) is 0 Å². The largest absolute Gasteiger partial charge is 0.490 e. The van der Waals surface area contributed by atoms with Gasteiger partial charge in [-0.05, 0) is 17.7 Å². The van der Waals surface area contributed by atoms with E-state index in [-0.39, 0.29) is 5.75 Å². The Morgan fingerprint density at radius 3 is 2.59 bits per heavy atom. The van der Waals surface area contributed by atoms with Gasteiger partial charge >= 0.3 is 0 Å². The van der Waals surface area contributed by atoms with Crippen LogP contribution in [0.4, 0.5) is 0 Å². The lowest BCUT2D eigenvalue weighted by Gasteiger charge is -2.17. The molecular weight excluding hydrogens is 240 g/mol. The SMILES string of the molecule is OC(CS)C(O)c1ccc2c(c1)OCCCO2. The number of thiol groups is 1. The van der Waals surface area contributed by atoms with Crippen molar-refractivity contribution in [1.82, 2.24) is 0 Å². The average Bonchev–Trinajstić information content (AvgIpc) is 2.61. The van der Waals surface area contributed by atoms with Gasteiger partial charge in [-0.2, -0.15) is 12.6 Å². The monoisotopic (exact) mass is 256 g/mol. The van der Waals surface area contributed by atoms with Gasteiger partial charge in [0.2, 0.25) is 0 Å². The number of hydrogen-bond acceptors (Lipinski definition) is 5. The fraction of sp³-hybridized carbons (Fsp3) is 0.500. The van der Waals surface area contributed by atoms with Gasteiger partial charge in [0.1, 0.15) is 6.10 Å². The molecule has 0 radical (unpaired) electrons. The van der Waals surface area contributed by atoms with Crippen molar-refractivity contribution in [1.29, 1.82) is 0 Å². The summed E-state index contributed by atoms with van der Waals surface area (Å²) in [6.07, 6.45) is -1.00. The van der Waals surface area contributed by atoms with Crippen molar-refractivity contribution in [2.75, 3.05) is 19.0 Å². The fourth-order valence-electron chi connectivity index (χ4n) is 1.69. The van der Waals surface area contributed by atoms with E-state index in [1.54, 1.807) is 18.2 Å². The van der Waals surface area contributed by atoms with E-state index < -0.39 is 12.2 Å². The summed E-state index contributed by atoms with van der Waals surface area (Å²) in [6, 6.07) is 5.19. The molecule has 1 heterocycles. The number of hydrogen-bond donors (Lipinski definition) is 3. The molecule has 0 saturated carbocycles. The Hall–Kier alpha value is -0.910. The zero-order valence-corrected chi connectivity index (χ0v) is 10.3. The molecule has 0 saturated heterocycles. The third-order valence-corrected chi connectivity index (χ3v) is 3.04. The van der Waals surface area contributed by atoms with Crippen LogP contribution in [0.15, 0.2) is 18.2 Å². The summed E-state index contributed by atoms with van der Waals surface area (Å²) in [4.78, 5) is 0. The molecule has 1 aliphatic rings. The van der Waals surface area contributed by atoms with Crippen LogP contribution in [0.2, 0.25) is 0 Å². The molecular formula is C12H16O4S. The van der Waals surface area contributed by atoms with Crippen LogP contribution in [0.3, 0.4) is 0 Å². The third kappa shape index (κ3) is 2.86. The quantitative estimate of drug-likeness (QED) is 0.711. The zero-order valence-electron chi connectivity index (χ0n) is 9.37. The Morgan fingerprint density at radius 1 is 1.18 bits per heavy atom. The van der Waals surface area contributed by atoms with Crippen LogP contribution in [0, 0.1) is 0 Å². The lowest BCUT2D eigenvalue weighted by atomic mass is 10.0. The molecule has 1 aromatic rings. The Kier molecular flexibility index (Phi) is 4.15. The van der Waals surface area contributed by atoms with E-state index in [1.165, 1.54) is 0 Å². The average molecular weight is 256 g/mol. The van der Waals surface area contributed by atoms with Crippen molar-refractivity contribution >= 4 is 12.6 Å². The first kappa shape index (κ1) is 12.5. The zero-order chi connectivity index (χ0) is 12.3. The molecule has 2 N–H and O–H groups in total. The minimum absolute atomic E-state index is 0.204. The van der Waals surface area contributed by atoms with Gasteiger partial charge in [-0.3, -0.25) is 0 Å². The highest BCUT2D eigenvalue weighted by Gasteiger charge is 2.19. The summed E-state index contributed by atoms with van der Waals surface area (Å²) >= 11 is 3.96. The maximum Gasteiger partial charge on any atom is 0.161 e. The van der Waals surface area contributed by atoms with Crippen molar-refractivity contribution in [3.63, 3.8) is 0 Å². The Bertz CT molecular complexity index is 383. The van der Waals surface area contributed by atoms with Gasteiger partial charge in [-0.15, -0.1) is 0 Å². The first-order valence-corrected chi connectivity index (χ1v) is 6.22.